The maximum Gasteiger partial charge on any atom is 0.350 e. The Kier molecular flexibility index (Phi) is 3.56. The Hall–Kier alpha value is -0.940. The molecule has 16 heavy (non-hydrogen) atoms. The number of carbonyl (C=O) groups is 1. The van der Waals surface area contributed by atoms with E-state index in [4.69, 9.17) is 4.74 Å². The Bertz CT molecular complexity index is 383. The van der Waals surface area contributed by atoms with Crippen molar-refractivity contribution in [1.82, 2.24) is 10.3 Å². The fourth-order valence-corrected chi connectivity index (χ4v) is 2.94. The molecule has 0 amide bonds. The van der Waals surface area contributed by atoms with Gasteiger partial charge in [0.2, 0.25) is 0 Å². The van der Waals surface area contributed by atoms with Gasteiger partial charge in [-0.25, -0.2) is 9.78 Å². The summed E-state index contributed by atoms with van der Waals surface area (Å²) in [6.07, 6.45) is 1.11. The predicted molar refractivity (Wildman–Crippen MR) is 63.0 cm³/mol. The minimum Gasteiger partial charge on any atom is -0.462 e. The van der Waals surface area contributed by atoms with Gasteiger partial charge in [0.05, 0.1) is 17.3 Å². The summed E-state index contributed by atoms with van der Waals surface area (Å²) in [5.41, 5.74) is 0.797. The summed E-state index contributed by atoms with van der Waals surface area (Å²) in [4.78, 5) is 16.8. The van der Waals surface area contributed by atoms with E-state index in [1.165, 1.54) is 11.3 Å². The number of nitrogens with zero attached hydrogens (tertiary/aromatic N) is 1. The number of hydrogen-bond donors (Lipinski definition) is 1. The molecule has 1 N–H and O–H groups in total. The van der Waals surface area contributed by atoms with Gasteiger partial charge in [0.1, 0.15) is 4.88 Å². The highest BCUT2D eigenvalue weighted by Crippen LogP contribution is 2.29. The molecular formula is C11H16N2O2S. The molecule has 1 fully saturated rings. The van der Waals surface area contributed by atoms with E-state index in [2.05, 4.69) is 10.3 Å². The van der Waals surface area contributed by atoms with E-state index in [9.17, 15) is 4.79 Å². The van der Waals surface area contributed by atoms with E-state index in [-0.39, 0.29) is 5.97 Å². The summed E-state index contributed by atoms with van der Waals surface area (Å²) in [6.45, 7) is 6.11. The molecule has 0 aliphatic carbocycles. The number of esters is 1. The first-order valence-corrected chi connectivity index (χ1v) is 6.39. The van der Waals surface area contributed by atoms with Crippen LogP contribution in [0.3, 0.4) is 0 Å². The lowest BCUT2D eigenvalue weighted by Crippen LogP contribution is -2.07. The molecule has 1 aliphatic heterocycles. The highest BCUT2D eigenvalue weighted by atomic mass is 32.1. The van der Waals surface area contributed by atoms with Crippen LogP contribution in [0.2, 0.25) is 0 Å². The zero-order valence-corrected chi connectivity index (χ0v) is 10.4. The third-order valence-corrected chi connectivity index (χ3v) is 3.98. The van der Waals surface area contributed by atoms with Crippen LogP contribution in [-0.2, 0) is 4.74 Å². The topological polar surface area (TPSA) is 51.2 Å². The van der Waals surface area contributed by atoms with Crippen LogP contribution in [0.25, 0.3) is 0 Å². The highest BCUT2D eigenvalue weighted by molar-refractivity contribution is 7.13. The van der Waals surface area contributed by atoms with Crippen LogP contribution in [-0.4, -0.2) is 30.6 Å². The normalized spacial score (nSPS) is 20.0. The van der Waals surface area contributed by atoms with Crippen LogP contribution >= 0.6 is 11.3 Å². The molecule has 0 aromatic carbocycles. The molecule has 0 bridgehead atoms. The second-order valence-corrected chi connectivity index (χ2v) is 4.91. The van der Waals surface area contributed by atoms with Gasteiger partial charge in [0.15, 0.2) is 0 Å². The van der Waals surface area contributed by atoms with Crippen molar-refractivity contribution in [2.24, 2.45) is 0 Å². The number of aromatic nitrogens is 1. The van der Waals surface area contributed by atoms with E-state index < -0.39 is 0 Å². The number of rotatable bonds is 3. The van der Waals surface area contributed by atoms with Crippen molar-refractivity contribution in [3.63, 3.8) is 0 Å². The Morgan fingerprint density at radius 1 is 1.69 bits per heavy atom. The van der Waals surface area contributed by atoms with Crippen LogP contribution in [0.15, 0.2) is 0 Å². The van der Waals surface area contributed by atoms with E-state index in [1.807, 2.05) is 13.8 Å². The number of ether oxygens (including phenoxy) is 1. The largest absolute Gasteiger partial charge is 0.462 e. The van der Waals surface area contributed by atoms with Crippen molar-refractivity contribution >= 4 is 17.3 Å². The molecule has 0 saturated carbocycles. The van der Waals surface area contributed by atoms with Gasteiger partial charge in [-0.05, 0) is 26.8 Å². The van der Waals surface area contributed by atoms with Crippen molar-refractivity contribution < 1.29 is 9.53 Å². The second kappa shape index (κ2) is 4.93. The van der Waals surface area contributed by atoms with Gasteiger partial charge in [-0.1, -0.05) is 0 Å². The molecule has 1 unspecified atom stereocenters. The minimum atomic E-state index is -0.241. The second-order valence-electron chi connectivity index (χ2n) is 3.88. The summed E-state index contributed by atoms with van der Waals surface area (Å²) in [5.74, 6) is 0.224. The van der Waals surface area contributed by atoms with E-state index in [1.54, 1.807) is 0 Å². The van der Waals surface area contributed by atoms with Crippen LogP contribution in [0, 0.1) is 6.92 Å². The molecule has 4 nitrogen and oxygen atoms in total. The summed E-state index contributed by atoms with van der Waals surface area (Å²) in [5, 5.41) is 4.37. The molecule has 0 radical (unpaired) electrons. The third-order valence-electron chi connectivity index (χ3n) is 2.68. The maximum absolute atomic E-state index is 11.6. The molecule has 1 aromatic rings. The van der Waals surface area contributed by atoms with Crippen LogP contribution in [0.4, 0.5) is 0 Å². The zero-order valence-electron chi connectivity index (χ0n) is 9.58. The van der Waals surface area contributed by atoms with E-state index in [0.717, 1.165) is 30.2 Å². The summed E-state index contributed by atoms with van der Waals surface area (Å²) in [7, 11) is 0. The molecule has 0 spiro atoms. The number of carbonyl (C=O) groups excluding carboxylic acids is 1. The number of aryl methyl sites for hydroxylation is 1. The average molecular weight is 240 g/mol. The Morgan fingerprint density at radius 3 is 3.12 bits per heavy atom. The van der Waals surface area contributed by atoms with E-state index >= 15 is 0 Å². The molecule has 2 rings (SSSR count). The molecule has 1 atom stereocenters. The van der Waals surface area contributed by atoms with Gasteiger partial charge in [0.25, 0.3) is 0 Å². The SMILES string of the molecule is CCOC(=O)c1sc(C2CCNC2)nc1C. The van der Waals surface area contributed by atoms with Gasteiger partial charge in [-0.3, -0.25) is 0 Å². The molecular weight excluding hydrogens is 224 g/mol. The first kappa shape index (κ1) is 11.5. The van der Waals surface area contributed by atoms with Crippen LogP contribution in [0.1, 0.15) is 39.6 Å². The van der Waals surface area contributed by atoms with E-state index in [0.29, 0.717) is 17.4 Å². The van der Waals surface area contributed by atoms with Gasteiger partial charge in [0, 0.05) is 12.5 Å². The molecule has 5 heteroatoms. The van der Waals surface area contributed by atoms with Crippen LogP contribution in [0.5, 0.6) is 0 Å². The number of nitrogens with one attached hydrogen (secondary N) is 1. The lowest BCUT2D eigenvalue weighted by molar-refractivity contribution is 0.0531. The van der Waals surface area contributed by atoms with Crippen molar-refractivity contribution in [3.8, 4) is 0 Å². The van der Waals surface area contributed by atoms with Gasteiger partial charge in [-0.2, -0.15) is 0 Å². The monoisotopic (exact) mass is 240 g/mol. The van der Waals surface area contributed by atoms with Crippen LogP contribution < -0.4 is 5.32 Å². The number of hydrogen-bond acceptors (Lipinski definition) is 5. The maximum atomic E-state index is 11.6. The third kappa shape index (κ3) is 2.25. The number of thiazole rings is 1. The zero-order chi connectivity index (χ0) is 11.5. The molecule has 1 aliphatic rings. The lowest BCUT2D eigenvalue weighted by atomic mass is 10.1. The van der Waals surface area contributed by atoms with Gasteiger partial charge >= 0.3 is 5.97 Å². The minimum absolute atomic E-state index is 0.241. The van der Waals surface area contributed by atoms with Crippen molar-refractivity contribution in [1.29, 1.82) is 0 Å². The Balaban J connectivity index is 2.17. The van der Waals surface area contributed by atoms with Crippen molar-refractivity contribution in [3.05, 3.63) is 15.6 Å². The van der Waals surface area contributed by atoms with Crippen molar-refractivity contribution in [2.45, 2.75) is 26.2 Å². The highest BCUT2D eigenvalue weighted by Gasteiger charge is 2.23. The Morgan fingerprint density at radius 2 is 2.50 bits per heavy atom. The van der Waals surface area contributed by atoms with Gasteiger partial charge in [-0.15, -0.1) is 11.3 Å². The first-order chi connectivity index (χ1) is 7.72. The molecule has 1 saturated heterocycles. The predicted octanol–water partition coefficient (Wildman–Crippen LogP) is 1.71. The summed E-state index contributed by atoms with van der Waals surface area (Å²) < 4.78 is 5.00. The molecule has 88 valence electrons. The van der Waals surface area contributed by atoms with Crippen molar-refractivity contribution in [2.75, 3.05) is 19.7 Å². The Labute approximate surface area is 99.0 Å². The average Bonchev–Trinajstić information content (AvgIpc) is 2.86. The fraction of sp³-hybridized carbons (Fsp3) is 0.636. The first-order valence-electron chi connectivity index (χ1n) is 5.57. The molecule has 2 heterocycles. The standard InChI is InChI=1S/C11H16N2O2S/c1-3-15-11(14)9-7(2)13-10(16-9)8-4-5-12-6-8/h8,12H,3-6H2,1-2H3. The van der Waals surface area contributed by atoms with Gasteiger partial charge < -0.3 is 10.1 Å². The smallest absolute Gasteiger partial charge is 0.350 e. The quantitative estimate of drug-likeness (QED) is 0.817. The summed E-state index contributed by atoms with van der Waals surface area (Å²) >= 11 is 1.48. The lowest BCUT2D eigenvalue weighted by Gasteiger charge is -2.01. The fourth-order valence-electron chi connectivity index (χ4n) is 1.84. The summed E-state index contributed by atoms with van der Waals surface area (Å²) in [6, 6.07) is 0. The molecule has 1 aromatic heterocycles.